The lowest BCUT2D eigenvalue weighted by atomic mass is 10.0. The first-order valence-electron chi connectivity index (χ1n) is 6.77. The fourth-order valence-corrected chi connectivity index (χ4v) is 3.00. The highest BCUT2D eigenvalue weighted by molar-refractivity contribution is 5.42. The molecule has 92 valence electrons. The zero-order valence-corrected chi connectivity index (χ0v) is 11.2. The molecule has 0 aromatic heterocycles. The van der Waals surface area contributed by atoms with Crippen molar-refractivity contribution >= 4 is 0 Å². The maximum absolute atomic E-state index is 2.55. The number of nitrogens with zero attached hydrogens (tertiary/aromatic N) is 2. The largest absolute Gasteiger partial charge is 0.295 e. The van der Waals surface area contributed by atoms with Crippen molar-refractivity contribution in [3.8, 4) is 0 Å². The number of hydrogen-bond acceptors (Lipinski definition) is 2. The molecule has 2 heterocycles. The first kappa shape index (κ1) is 11.2. The van der Waals surface area contributed by atoms with E-state index in [2.05, 4.69) is 42.7 Å². The Morgan fingerprint density at radius 3 is 1.82 bits per heavy atom. The average Bonchev–Trinajstić information content (AvgIpc) is 2.87. The zero-order valence-electron chi connectivity index (χ0n) is 11.2. The molecule has 0 N–H and O–H groups in total. The number of rotatable bonds is 2. The zero-order chi connectivity index (χ0) is 12.0. The molecule has 17 heavy (non-hydrogen) atoms. The lowest BCUT2D eigenvalue weighted by molar-refractivity contribution is 0.227. The Kier molecular flexibility index (Phi) is 2.72. The van der Waals surface area contributed by atoms with Crippen LogP contribution < -0.4 is 0 Å². The summed E-state index contributed by atoms with van der Waals surface area (Å²) in [5.41, 5.74) is 6.26. The molecule has 3 rings (SSSR count). The molecule has 0 spiro atoms. The third-order valence-corrected chi connectivity index (χ3v) is 4.23. The van der Waals surface area contributed by atoms with Gasteiger partial charge in [0.05, 0.1) is 0 Å². The summed E-state index contributed by atoms with van der Waals surface area (Å²) in [4.78, 5) is 5.07. The normalized spacial score (nSPS) is 20.0. The van der Waals surface area contributed by atoms with E-state index in [1.165, 1.54) is 0 Å². The predicted octanol–water partition coefficient (Wildman–Crippen LogP) is 2.75. The van der Waals surface area contributed by atoms with Gasteiger partial charge in [-0.15, -0.1) is 0 Å². The van der Waals surface area contributed by atoms with Gasteiger partial charge >= 0.3 is 0 Å². The Morgan fingerprint density at radius 2 is 1.41 bits per heavy atom. The highest BCUT2D eigenvalue weighted by Crippen LogP contribution is 2.31. The maximum Gasteiger partial charge on any atom is 0.0243 e. The van der Waals surface area contributed by atoms with Crippen LogP contribution in [-0.4, -0.2) is 22.4 Å². The van der Waals surface area contributed by atoms with Crippen LogP contribution in [0.2, 0.25) is 0 Å². The summed E-state index contributed by atoms with van der Waals surface area (Å²) < 4.78 is 0. The third-order valence-electron chi connectivity index (χ3n) is 4.23. The van der Waals surface area contributed by atoms with Crippen molar-refractivity contribution in [2.45, 2.75) is 53.0 Å². The Morgan fingerprint density at radius 1 is 0.941 bits per heavy atom. The topological polar surface area (TPSA) is 6.48 Å². The monoisotopic (exact) mass is 230 g/mol. The van der Waals surface area contributed by atoms with Crippen LogP contribution in [0.4, 0.5) is 0 Å². The molecule has 0 radical (unpaired) electrons. The average molecular weight is 230 g/mol. The number of benzene rings is 1. The second-order valence-electron chi connectivity index (χ2n) is 5.69. The van der Waals surface area contributed by atoms with Crippen molar-refractivity contribution in [2.24, 2.45) is 0 Å². The van der Waals surface area contributed by atoms with Gasteiger partial charge in [0, 0.05) is 32.2 Å². The summed E-state index contributed by atoms with van der Waals surface area (Å²) in [6.07, 6.45) is 0. The van der Waals surface area contributed by atoms with Crippen molar-refractivity contribution in [3.05, 3.63) is 34.4 Å². The summed E-state index contributed by atoms with van der Waals surface area (Å²) in [6, 6.07) is 5.58. The van der Waals surface area contributed by atoms with Crippen molar-refractivity contribution in [1.82, 2.24) is 9.80 Å². The molecule has 0 saturated heterocycles. The second-order valence-corrected chi connectivity index (χ2v) is 5.69. The van der Waals surface area contributed by atoms with E-state index in [-0.39, 0.29) is 0 Å². The van der Waals surface area contributed by atoms with E-state index < -0.39 is 0 Å². The molecule has 0 amide bonds. The maximum atomic E-state index is 2.55. The fraction of sp³-hybridized carbons (Fsp3) is 0.600. The number of fused-ring (bicyclic) bond motifs is 2. The van der Waals surface area contributed by atoms with Gasteiger partial charge in [-0.25, -0.2) is 0 Å². The van der Waals surface area contributed by atoms with E-state index in [1.807, 2.05) is 0 Å². The predicted molar refractivity (Wildman–Crippen MR) is 70.6 cm³/mol. The molecule has 0 bridgehead atoms. The quantitative estimate of drug-likeness (QED) is 0.771. The van der Waals surface area contributed by atoms with Crippen LogP contribution in [0.1, 0.15) is 43.0 Å². The highest BCUT2D eigenvalue weighted by atomic mass is 15.2. The molecular weight excluding hydrogens is 208 g/mol. The van der Waals surface area contributed by atoms with Gasteiger partial charge in [-0.3, -0.25) is 9.80 Å². The summed E-state index contributed by atoms with van der Waals surface area (Å²) >= 11 is 0. The summed E-state index contributed by atoms with van der Waals surface area (Å²) in [5, 5.41) is 0. The Balaban J connectivity index is 1.87. The second kappa shape index (κ2) is 4.11. The fourth-order valence-electron chi connectivity index (χ4n) is 3.00. The van der Waals surface area contributed by atoms with E-state index in [0.29, 0.717) is 6.04 Å². The van der Waals surface area contributed by atoms with Crippen molar-refractivity contribution < 1.29 is 0 Å². The molecule has 0 unspecified atom stereocenters. The standard InChI is InChI=1S/C15H22N2/c1-4-16-7-12-5-14-9-17(11(2)3)10-15(14)6-13(12)8-16/h5-6,11H,4,7-10H2,1-3H3. The lowest BCUT2D eigenvalue weighted by Crippen LogP contribution is -2.24. The van der Waals surface area contributed by atoms with Crippen molar-refractivity contribution in [2.75, 3.05) is 6.54 Å². The Bertz CT molecular complexity index is 402. The number of hydrogen-bond donors (Lipinski definition) is 0. The SMILES string of the molecule is CCN1Cc2cc3c(cc2C1)CN(C(C)C)C3. The molecule has 0 aliphatic carbocycles. The highest BCUT2D eigenvalue weighted by Gasteiger charge is 2.25. The smallest absolute Gasteiger partial charge is 0.0243 e. The lowest BCUT2D eigenvalue weighted by Gasteiger charge is -2.19. The van der Waals surface area contributed by atoms with Gasteiger partial charge in [0.25, 0.3) is 0 Å². The van der Waals surface area contributed by atoms with Gasteiger partial charge in [-0.2, -0.15) is 0 Å². The van der Waals surface area contributed by atoms with Crippen LogP contribution in [0.5, 0.6) is 0 Å². The van der Waals surface area contributed by atoms with Crippen LogP contribution in [0.25, 0.3) is 0 Å². The van der Waals surface area contributed by atoms with E-state index in [9.17, 15) is 0 Å². The molecule has 2 heteroatoms. The molecule has 1 aromatic rings. The Labute approximate surface area is 104 Å². The van der Waals surface area contributed by atoms with Crippen LogP contribution in [0, 0.1) is 0 Å². The summed E-state index contributed by atoms with van der Waals surface area (Å²) in [6.45, 7) is 12.6. The minimum absolute atomic E-state index is 0.657. The van der Waals surface area contributed by atoms with Gasteiger partial charge in [0.1, 0.15) is 0 Å². The minimum Gasteiger partial charge on any atom is -0.295 e. The summed E-state index contributed by atoms with van der Waals surface area (Å²) in [7, 11) is 0. The third kappa shape index (κ3) is 1.90. The summed E-state index contributed by atoms with van der Waals surface area (Å²) in [5.74, 6) is 0. The van der Waals surface area contributed by atoms with E-state index in [0.717, 1.165) is 32.7 Å². The first-order valence-corrected chi connectivity index (χ1v) is 6.77. The van der Waals surface area contributed by atoms with Gasteiger partial charge in [0.2, 0.25) is 0 Å². The molecule has 0 atom stereocenters. The molecule has 0 saturated carbocycles. The molecule has 0 fully saturated rings. The minimum atomic E-state index is 0.657. The van der Waals surface area contributed by atoms with Crippen LogP contribution in [-0.2, 0) is 26.2 Å². The first-order chi connectivity index (χ1) is 8.17. The van der Waals surface area contributed by atoms with Gasteiger partial charge < -0.3 is 0 Å². The van der Waals surface area contributed by atoms with E-state index in [1.54, 1.807) is 22.3 Å². The van der Waals surface area contributed by atoms with Gasteiger partial charge in [-0.1, -0.05) is 19.1 Å². The molecule has 2 aliphatic rings. The van der Waals surface area contributed by atoms with Gasteiger partial charge in [-0.05, 0) is 42.6 Å². The Hall–Kier alpha value is -0.860. The van der Waals surface area contributed by atoms with E-state index in [4.69, 9.17) is 0 Å². The van der Waals surface area contributed by atoms with Crippen LogP contribution >= 0.6 is 0 Å². The molecule has 2 nitrogen and oxygen atoms in total. The van der Waals surface area contributed by atoms with Gasteiger partial charge in [0.15, 0.2) is 0 Å². The van der Waals surface area contributed by atoms with Crippen molar-refractivity contribution in [1.29, 1.82) is 0 Å². The molecular formula is C15H22N2. The molecule has 2 aliphatic heterocycles. The van der Waals surface area contributed by atoms with Crippen LogP contribution in [0.3, 0.4) is 0 Å². The van der Waals surface area contributed by atoms with E-state index >= 15 is 0 Å². The molecule has 1 aromatic carbocycles. The van der Waals surface area contributed by atoms with Crippen LogP contribution in [0.15, 0.2) is 12.1 Å². The van der Waals surface area contributed by atoms with Crippen molar-refractivity contribution in [3.63, 3.8) is 0 Å².